The number of rotatable bonds is 6. The average Bonchev–Trinajstić information content (AvgIpc) is 2.53. The number of nitrogens with one attached hydrogen (secondary N) is 1. The summed E-state index contributed by atoms with van der Waals surface area (Å²) in [5.74, 6) is -0.398. The molecule has 0 fully saturated rings. The lowest BCUT2D eigenvalue weighted by atomic mass is 10.0. The third kappa shape index (κ3) is 5.49. The van der Waals surface area contributed by atoms with Crippen LogP contribution >= 0.6 is 0 Å². The number of sulfone groups is 1. The SMILES string of the molecule is C[C@@H](NC(=O)CCS(C)(=O)=O)c1ccc(-c2cccnc2)cc1. The number of nitrogens with zero attached hydrogens (tertiary/aromatic N) is 1. The molecule has 0 aliphatic rings. The molecule has 6 heteroatoms. The van der Waals surface area contributed by atoms with E-state index in [1.165, 1.54) is 0 Å². The van der Waals surface area contributed by atoms with Gasteiger partial charge in [0.15, 0.2) is 0 Å². The second-order valence-electron chi connectivity index (χ2n) is 5.53. The van der Waals surface area contributed by atoms with Crippen LogP contribution in [0.1, 0.15) is 24.9 Å². The Labute approximate surface area is 136 Å². The molecule has 2 aromatic rings. The molecule has 0 radical (unpaired) electrons. The molecule has 23 heavy (non-hydrogen) atoms. The first-order chi connectivity index (χ1) is 10.8. The monoisotopic (exact) mass is 332 g/mol. The van der Waals surface area contributed by atoms with Gasteiger partial charge in [0, 0.05) is 25.1 Å². The van der Waals surface area contributed by atoms with Crippen LogP contribution in [0.15, 0.2) is 48.8 Å². The highest BCUT2D eigenvalue weighted by Crippen LogP contribution is 2.21. The Kier molecular flexibility index (Phi) is 5.50. The minimum absolute atomic E-state index is 0.0169. The largest absolute Gasteiger partial charge is 0.350 e. The predicted octanol–water partition coefficient (Wildman–Crippen LogP) is 2.36. The Morgan fingerprint density at radius 3 is 2.43 bits per heavy atom. The van der Waals surface area contributed by atoms with E-state index < -0.39 is 9.84 Å². The first-order valence-electron chi connectivity index (χ1n) is 7.32. The molecule has 1 atom stereocenters. The average molecular weight is 332 g/mol. The normalized spacial score (nSPS) is 12.6. The van der Waals surface area contributed by atoms with Gasteiger partial charge < -0.3 is 5.32 Å². The zero-order valence-corrected chi connectivity index (χ0v) is 14.0. The van der Waals surface area contributed by atoms with Crippen molar-refractivity contribution in [3.05, 3.63) is 54.4 Å². The van der Waals surface area contributed by atoms with Gasteiger partial charge in [-0.3, -0.25) is 9.78 Å². The summed E-state index contributed by atoms with van der Waals surface area (Å²) in [4.78, 5) is 15.9. The summed E-state index contributed by atoms with van der Waals surface area (Å²) in [6, 6.07) is 11.5. The van der Waals surface area contributed by atoms with Crippen molar-refractivity contribution in [1.29, 1.82) is 0 Å². The molecule has 1 amide bonds. The van der Waals surface area contributed by atoms with Gasteiger partial charge in [-0.25, -0.2) is 8.42 Å². The zero-order chi connectivity index (χ0) is 16.9. The van der Waals surface area contributed by atoms with Crippen LogP contribution in [0, 0.1) is 0 Å². The highest BCUT2D eigenvalue weighted by molar-refractivity contribution is 7.90. The summed E-state index contributed by atoms with van der Waals surface area (Å²) in [6.07, 6.45) is 4.63. The second kappa shape index (κ2) is 7.37. The number of benzene rings is 1. The minimum atomic E-state index is -3.12. The maximum Gasteiger partial charge on any atom is 0.221 e. The van der Waals surface area contributed by atoms with Gasteiger partial charge in [-0.2, -0.15) is 0 Å². The lowest BCUT2D eigenvalue weighted by molar-refractivity contribution is -0.121. The van der Waals surface area contributed by atoms with Crippen molar-refractivity contribution in [3.8, 4) is 11.1 Å². The van der Waals surface area contributed by atoms with E-state index >= 15 is 0 Å². The summed E-state index contributed by atoms with van der Waals surface area (Å²) >= 11 is 0. The van der Waals surface area contributed by atoms with Crippen LogP contribution < -0.4 is 5.32 Å². The van der Waals surface area contributed by atoms with E-state index in [-0.39, 0.29) is 24.1 Å². The van der Waals surface area contributed by atoms with Crippen LogP contribution in [0.25, 0.3) is 11.1 Å². The Bertz CT molecular complexity index is 756. The fourth-order valence-corrected chi connectivity index (χ4v) is 2.73. The predicted molar refractivity (Wildman–Crippen MR) is 90.6 cm³/mol. The minimum Gasteiger partial charge on any atom is -0.350 e. The van der Waals surface area contributed by atoms with Gasteiger partial charge in [0.2, 0.25) is 5.91 Å². The summed E-state index contributed by atoms with van der Waals surface area (Å²) in [5, 5.41) is 2.81. The number of pyridine rings is 1. The Morgan fingerprint density at radius 2 is 1.87 bits per heavy atom. The van der Waals surface area contributed by atoms with Gasteiger partial charge in [0.1, 0.15) is 9.84 Å². The van der Waals surface area contributed by atoms with Gasteiger partial charge >= 0.3 is 0 Å². The number of hydrogen-bond donors (Lipinski definition) is 1. The van der Waals surface area contributed by atoms with E-state index in [1.807, 2.05) is 43.3 Å². The van der Waals surface area contributed by atoms with Gasteiger partial charge in [0.05, 0.1) is 11.8 Å². The molecule has 1 aromatic heterocycles. The Balaban J connectivity index is 1.98. The Hall–Kier alpha value is -2.21. The van der Waals surface area contributed by atoms with E-state index in [4.69, 9.17) is 0 Å². The summed E-state index contributed by atoms with van der Waals surface area (Å²) in [5.41, 5.74) is 3.05. The standard InChI is InChI=1S/C17H20N2O3S/c1-13(19-17(20)9-11-23(2,21)22)14-5-7-15(8-6-14)16-4-3-10-18-12-16/h3-8,10,12-13H,9,11H2,1-2H3,(H,19,20)/t13-/m1/s1. The number of aromatic nitrogens is 1. The first kappa shape index (κ1) is 17.1. The molecule has 0 unspecified atom stereocenters. The van der Waals surface area contributed by atoms with E-state index in [1.54, 1.807) is 12.4 Å². The number of hydrogen-bond acceptors (Lipinski definition) is 4. The molecule has 0 aliphatic heterocycles. The van der Waals surface area contributed by atoms with E-state index in [0.29, 0.717) is 0 Å². The summed E-state index contributed by atoms with van der Waals surface area (Å²) in [7, 11) is -3.12. The van der Waals surface area contributed by atoms with E-state index in [0.717, 1.165) is 22.9 Å². The van der Waals surface area contributed by atoms with Crippen LogP contribution in [0.5, 0.6) is 0 Å². The number of carbonyl (C=O) groups excluding carboxylic acids is 1. The maximum atomic E-state index is 11.8. The van der Waals surface area contributed by atoms with Gasteiger partial charge in [-0.15, -0.1) is 0 Å². The molecule has 1 heterocycles. The van der Waals surface area contributed by atoms with Gasteiger partial charge in [-0.1, -0.05) is 30.3 Å². The van der Waals surface area contributed by atoms with Gasteiger partial charge in [0.25, 0.3) is 0 Å². The molecular formula is C17H20N2O3S. The molecule has 1 aromatic carbocycles. The zero-order valence-electron chi connectivity index (χ0n) is 13.2. The van der Waals surface area contributed by atoms with Crippen LogP contribution in [-0.2, 0) is 14.6 Å². The quantitative estimate of drug-likeness (QED) is 0.881. The second-order valence-corrected chi connectivity index (χ2v) is 7.79. The third-order valence-corrected chi connectivity index (χ3v) is 4.43. The van der Waals surface area contributed by atoms with Crippen molar-refractivity contribution >= 4 is 15.7 Å². The van der Waals surface area contributed by atoms with Crippen molar-refractivity contribution in [2.45, 2.75) is 19.4 Å². The molecular weight excluding hydrogens is 312 g/mol. The van der Waals surface area contributed by atoms with E-state index in [2.05, 4.69) is 10.3 Å². The lowest BCUT2D eigenvalue weighted by Crippen LogP contribution is -2.28. The molecule has 0 saturated heterocycles. The number of amides is 1. The molecule has 0 bridgehead atoms. The fourth-order valence-electron chi connectivity index (χ4n) is 2.17. The highest BCUT2D eigenvalue weighted by atomic mass is 32.2. The number of carbonyl (C=O) groups is 1. The van der Waals surface area contributed by atoms with E-state index in [9.17, 15) is 13.2 Å². The van der Waals surface area contributed by atoms with Crippen LogP contribution in [-0.4, -0.2) is 31.3 Å². The molecule has 5 nitrogen and oxygen atoms in total. The molecule has 122 valence electrons. The first-order valence-corrected chi connectivity index (χ1v) is 9.38. The summed E-state index contributed by atoms with van der Waals surface area (Å²) < 4.78 is 22.2. The maximum absolute atomic E-state index is 11.8. The molecule has 0 aliphatic carbocycles. The molecule has 1 N–H and O–H groups in total. The van der Waals surface area contributed by atoms with Crippen molar-refractivity contribution in [2.24, 2.45) is 0 Å². The van der Waals surface area contributed by atoms with Crippen LogP contribution in [0.4, 0.5) is 0 Å². The van der Waals surface area contributed by atoms with Crippen molar-refractivity contribution in [2.75, 3.05) is 12.0 Å². The van der Waals surface area contributed by atoms with Gasteiger partial charge in [-0.05, 0) is 29.7 Å². The van der Waals surface area contributed by atoms with Crippen LogP contribution in [0.2, 0.25) is 0 Å². The fraction of sp³-hybridized carbons (Fsp3) is 0.294. The molecule has 0 saturated carbocycles. The highest BCUT2D eigenvalue weighted by Gasteiger charge is 2.12. The molecule has 0 spiro atoms. The van der Waals surface area contributed by atoms with Crippen molar-refractivity contribution in [3.63, 3.8) is 0 Å². The topological polar surface area (TPSA) is 76.1 Å². The van der Waals surface area contributed by atoms with Crippen molar-refractivity contribution < 1.29 is 13.2 Å². The molecule has 2 rings (SSSR count). The van der Waals surface area contributed by atoms with Crippen LogP contribution in [0.3, 0.4) is 0 Å². The summed E-state index contributed by atoms with van der Waals surface area (Å²) in [6.45, 7) is 1.87. The van der Waals surface area contributed by atoms with Crippen molar-refractivity contribution in [1.82, 2.24) is 10.3 Å². The smallest absolute Gasteiger partial charge is 0.221 e. The Morgan fingerprint density at radius 1 is 1.17 bits per heavy atom. The third-order valence-electron chi connectivity index (χ3n) is 3.48. The lowest BCUT2D eigenvalue weighted by Gasteiger charge is -2.15.